The molecule has 0 radical (unpaired) electrons. The van der Waals surface area contributed by atoms with Crippen molar-refractivity contribution in [1.82, 2.24) is 14.4 Å². The summed E-state index contributed by atoms with van der Waals surface area (Å²) in [6.07, 6.45) is 4.21. The highest BCUT2D eigenvalue weighted by atomic mass is 16.5. The molecule has 3 heterocycles. The van der Waals surface area contributed by atoms with Crippen LogP contribution in [-0.4, -0.2) is 59.2 Å². The van der Waals surface area contributed by atoms with E-state index in [1.807, 2.05) is 11.0 Å². The first kappa shape index (κ1) is 22.3. The molecule has 0 saturated carbocycles. The second-order valence-electron chi connectivity index (χ2n) is 8.80. The lowest BCUT2D eigenvalue weighted by molar-refractivity contribution is -0.128. The topological polar surface area (TPSA) is 61.5 Å². The van der Waals surface area contributed by atoms with Gasteiger partial charge < -0.3 is 14.2 Å². The number of rotatable bonds is 6. The van der Waals surface area contributed by atoms with Crippen molar-refractivity contribution in [1.29, 1.82) is 5.26 Å². The summed E-state index contributed by atoms with van der Waals surface area (Å²) in [5, 5.41) is 9.73. The number of aromatic nitrogens is 1. The lowest BCUT2D eigenvalue weighted by atomic mass is 10.1. The van der Waals surface area contributed by atoms with Crippen LogP contribution in [-0.2, 0) is 22.6 Å². The minimum atomic E-state index is -0.171. The Balaban J connectivity index is 1.40. The highest BCUT2D eigenvalue weighted by Crippen LogP contribution is 2.22. The van der Waals surface area contributed by atoms with Crippen LogP contribution in [0.4, 0.5) is 0 Å². The maximum atomic E-state index is 13.1. The summed E-state index contributed by atoms with van der Waals surface area (Å²) in [4.78, 5) is 17.2. The number of carbonyl (C=O) groups excluding carboxylic acids is 1. The monoisotopic (exact) mass is 432 g/mol. The van der Waals surface area contributed by atoms with Gasteiger partial charge in [0.15, 0.2) is 0 Å². The van der Waals surface area contributed by atoms with Gasteiger partial charge in [0.25, 0.3) is 5.91 Å². The molecule has 2 aliphatic heterocycles. The molecule has 2 aliphatic rings. The number of aryl methyl sites for hydroxylation is 1. The van der Waals surface area contributed by atoms with Crippen molar-refractivity contribution < 1.29 is 9.53 Å². The molecule has 2 fully saturated rings. The number of hydrogen-bond acceptors (Lipinski definition) is 4. The van der Waals surface area contributed by atoms with Crippen LogP contribution >= 0.6 is 0 Å². The quantitative estimate of drug-likeness (QED) is 0.518. The predicted molar refractivity (Wildman–Crippen MR) is 125 cm³/mol. The maximum absolute atomic E-state index is 13.1. The third-order valence-electron chi connectivity index (χ3n) is 6.58. The predicted octanol–water partition coefficient (Wildman–Crippen LogP) is 3.54. The van der Waals surface area contributed by atoms with Crippen molar-refractivity contribution >= 4 is 12.0 Å². The molecule has 0 N–H and O–H groups in total. The number of nitriles is 1. The molecule has 1 aromatic heterocycles. The fourth-order valence-electron chi connectivity index (χ4n) is 4.67. The van der Waals surface area contributed by atoms with Crippen LogP contribution in [0.25, 0.3) is 6.08 Å². The molecular formula is C26H32N4O2. The molecule has 1 unspecified atom stereocenters. The second-order valence-corrected chi connectivity index (χ2v) is 8.80. The van der Waals surface area contributed by atoms with Gasteiger partial charge in [-0.3, -0.25) is 9.69 Å². The molecule has 1 amide bonds. The third-order valence-corrected chi connectivity index (χ3v) is 6.58. The van der Waals surface area contributed by atoms with Gasteiger partial charge in [-0.1, -0.05) is 30.3 Å². The lowest BCUT2D eigenvalue weighted by Gasteiger charge is -2.34. The molecule has 168 valence electrons. The van der Waals surface area contributed by atoms with E-state index in [0.717, 1.165) is 62.6 Å². The molecule has 0 spiro atoms. The normalized spacial score (nSPS) is 19.8. The van der Waals surface area contributed by atoms with Crippen molar-refractivity contribution in [2.45, 2.75) is 45.9 Å². The van der Waals surface area contributed by atoms with Crippen molar-refractivity contribution in [3.8, 4) is 6.07 Å². The van der Waals surface area contributed by atoms with E-state index in [4.69, 9.17) is 4.74 Å². The van der Waals surface area contributed by atoms with Crippen LogP contribution < -0.4 is 0 Å². The van der Waals surface area contributed by atoms with Crippen LogP contribution in [0.3, 0.4) is 0 Å². The summed E-state index contributed by atoms with van der Waals surface area (Å²) in [6.45, 7) is 9.58. The van der Waals surface area contributed by atoms with Gasteiger partial charge in [-0.15, -0.1) is 0 Å². The summed E-state index contributed by atoms with van der Waals surface area (Å²) in [5.41, 5.74) is 4.63. The van der Waals surface area contributed by atoms with E-state index in [-0.39, 0.29) is 17.6 Å². The highest BCUT2D eigenvalue weighted by molar-refractivity contribution is 6.01. The van der Waals surface area contributed by atoms with Gasteiger partial charge in [-0.05, 0) is 50.0 Å². The molecule has 6 heteroatoms. The Hall–Kier alpha value is -2.88. The first-order valence-electron chi connectivity index (χ1n) is 11.5. The Morgan fingerprint density at radius 3 is 2.59 bits per heavy atom. The SMILES string of the molecule is Cc1cc(/C=C(\C#N)C(=O)N2CCN(Cc3ccccc3)CC2)c(C)n1CC1CCCO1. The summed E-state index contributed by atoms with van der Waals surface area (Å²) < 4.78 is 8.03. The Morgan fingerprint density at radius 1 is 1.19 bits per heavy atom. The summed E-state index contributed by atoms with van der Waals surface area (Å²) in [6, 6.07) is 14.6. The maximum Gasteiger partial charge on any atom is 0.264 e. The van der Waals surface area contributed by atoms with Crippen molar-refractivity contribution in [2.75, 3.05) is 32.8 Å². The number of nitrogens with zero attached hydrogens (tertiary/aromatic N) is 4. The molecule has 0 aliphatic carbocycles. The first-order chi connectivity index (χ1) is 15.5. The number of piperazine rings is 1. The fraction of sp³-hybridized carbons (Fsp3) is 0.462. The van der Waals surface area contributed by atoms with Crippen molar-refractivity contribution in [3.05, 3.63) is 64.5 Å². The van der Waals surface area contributed by atoms with Gasteiger partial charge in [0.1, 0.15) is 11.6 Å². The van der Waals surface area contributed by atoms with E-state index in [0.29, 0.717) is 13.1 Å². The molecule has 32 heavy (non-hydrogen) atoms. The average molecular weight is 433 g/mol. The standard InChI is InChI=1S/C26H32N4O2/c1-20-15-23(21(2)30(20)19-25-9-6-14-32-25)16-24(17-27)26(31)29-12-10-28(11-13-29)18-22-7-4-3-5-8-22/h3-5,7-8,15-16,25H,6,9-14,18-19H2,1-2H3/b24-16+. The van der Waals surface area contributed by atoms with Gasteiger partial charge in [-0.25, -0.2) is 0 Å². The van der Waals surface area contributed by atoms with Crippen LogP contribution in [0, 0.1) is 25.2 Å². The number of ether oxygens (including phenoxy) is 1. The Bertz CT molecular complexity index is 1000. The summed E-state index contributed by atoms with van der Waals surface area (Å²) in [5.74, 6) is -0.171. The number of amides is 1. The van der Waals surface area contributed by atoms with E-state index >= 15 is 0 Å². The van der Waals surface area contributed by atoms with Crippen molar-refractivity contribution in [2.24, 2.45) is 0 Å². The molecule has 2 saturated heterocycles. The smallest absolute Gasteiger partial charge is 0.264 e. The van der Waals surface area contributed by atoms with E-state index in [1.54, 1.807) is 6.08 Å². The van der Waals surface area contributed by atoms with Gasteiger partial charge >= 0.3 is 0 Å². The van der Waals surface area contributed by atoms with Gasteiger partial charge in [0.05, 0.1) is 6.10 Å². The molecule has 6 nitrogen and oxygen atoms in total. The van der Waals surface area contributed by atoms with Crippen LogP contribution in [0.1, 0.15) is 35.4 Å². The zero-order chi connectivity index (χ0) is 22.5. The number of carbonyl (C=O) groups is 1. The molecule has 4 rings (SSSR count). The van der Waals surface area contributed by atoms with Crippen molar-refractivity contribution in [3.63, 3.8) is 0 Å². The van der Waals surface area contributed by atoms with Crippen LogP contribution in [0.2, 0.25) is 0 Å². The van der Waals surface area contributed by atoms with E-state index < -0.39 is 0 Å². The molecule has 2 aromatic rings. The number of benzene rings is 1. The molecule has 1 aromatic carbocycles. The largest absolute Gasteiger partial charge is 0.376 e. The lowest BCUT2D eigenvalue weighted by Crippen LogP contribution is -2.48. The van der Waals surface area contributed by atoms with E-state index in [1.165, 1.54) is 5.56 Å². The minimum Gasteiger partial charge on any atom is -0.376 e. The first-order valence-corrected chi connectivity index (χ1v) is 11.5. The zero-order valence-corrected chi connectivity index (χ0v) is 19.1. The Morgan fingerprint density at radius 2 is 1.94 bits per heavy atom. The van der Waals surface area contributed by atoms with Gasteiger partial charge in [0, 0.05) is 57.3 Å². The third kappa shape index (κ3) is 5.12. The highest BCUT2D eigenvalue weighted by Gasteiger charge is 2.24. The molecular weight excluding hydrogens is 400 g/mol. The number of hydrogen-bond donors (Lipinski definition) is 0. The fourth-order valence-corrected chi connectivity index (χ4v) is 4.67. The summed E-state index contributed by atoms with van der Waals surface area (Å²) >= 11 is 0. The van der Waals surface area contributed by atoms with E-state index in [9.17, 15) is 10.1 Å². The van der Waals surface area contributed by atoms with Gasteiger partial charge in [0.2, 0.25) is 0 Å². The van der Waals surface area contributed by atoms with Gasteiger partial charge in [-0.2, -0.15) is 5.26 Å². The molecule has 1 atom stereocenters. The zero-order valence-electron chi connectivity index (χ0n) is 19.1. The van der Waals surface area contributed by atoms with Crippen LogP contribution in [0.5, 0.6) is 0 Å². The van der Waals surface area contributed by atoms with Crippen LogP contribution in [0.15, 0.2) is 42.0 Å². The Kier molecular flexibility index (Phi) is 7.09. The minimum absolute atomic E-state index is 0.171. The average Bonchev–Trinajstić information content (AvgIpc) is 3.42. The molecule has 0 bridgehead atoms. The second kappa shape index (κ2) is 10.2. The van der Waals surface area contributed by atoms with E-state index in [2.05, 4.69) is 59.7 Å². The summed E-state index contributed by atoms with van der Waals surface area (Å²) in [7, 11) is 0. The Labute approximate surface area is 190 Å².